The molecule has 2 amide bonds. The van der Waals surface area contributed by atoms with Crippen LogP contribution < -0.4 is 10.6 Å². The van der Waals surface area contributed by atoms with Gasteiger partial charge >= 0.3 is 0 Å². The Hall–Kier alpha value is -2.76. The monoisotopic (exact) mass is 331 g/mol. The van der Waals surface area contributed by atoms with Gasteiger partial charge in [-0.2, -0.15) is 0 Å². The average molecular weight is 331 g/mol. The van der Waals surface area contributed by atoms with E-state index >= 15 is 0 Å². The SMILES string of the molecule is [CH2]c1cccc(NC(=O)[C@H](C)NC(=O)Cc2cc(F)cc(F)c2)c1. The molecule has 0 aliphatic carbocycles. The predicted octanol–water partition coefficient (Wildman–Crippen LogP) is 2.83. The molecular weight excluding hydrogens is 314 g/mol. The number of halogens is 2. The highest BCUT2D eigenvalue weighted by Gasteiger charge is 2.16. The second-order valence-corrected chi connectivity index (χ2v) is 5.43. The van der Waals surface area contributed by atoms with Crippen molar-refractivity contribution in [2.45, 2.75) is 19.4 Å². The van der Waals surface area contributed by atoms with E-state index in [4.69, 9.17) is 0 Å². The summed E-state index contributed by atoms with van der Waals surface area (Å²) in [5.74, 6) is -2.42. The summed E-state index contributed by atoms with van der Waals surface area (Å²) in [7, 11) is 0. The van der Waals surface area contributed by atoms with E-state index in [0.717, 1.165) is 23.8 Å². The van der Waals surface area contributed by atoms with E-state index in [0.29, 0.717) is 5.69 Å². The average Bonchev–Trinajstić information content (AvgIpc) is 2.45. The molecular formula is C18H17F2N2O2. The third kappa shape index (κ3) is 5.15. The first-order chi connectivity index (χ1) is 11.3. The van der Waals surface area contributed by atoms with Crippen molar-refractivity contribution in [3.05, 3.63) is 72.1 Å². The van der Waals surface area contributed by atoms with E-state index in [1.54, 1.807) is 24.3 Å². The molecule has 2 aromatic carbocycles. The maximum absolute atomic E-state index is 13.1. The fourth-order valence-electron chi connectivity index (χ4n) is 2.16. The Morgan fingerprint density at radius 2 is 1.79 bits per heavy atom. The van der Waals surface area contributed by atoms with Gasteiger partial charge in [-0.15, -0.1) is 0 Å². The van der Waals surface area contributed by atoms with Gasteiger partial charge in [-0.1, -0.05) is 12.1 Å². The molecule has 0 aliphatic rings. The Kier molecular flexibility index (Phi) is 5.63. The van der Waals surface area contributed by atoms with Gasteiger partial charge in [0.05, 0.1) is 6.42 Å². The minimum atomic E-state index is -0.802. The van der Waals surface area contributed by atoms with Crippen molar-refractivity contribution in [1.82, 2.24) is 5.32 Å². The summed E-state index contributed by atoms with van der Waals surface area (Å²) in [5, 5.41) is 5.15. The summed E-state index contributed by atoms with van der Waals surface area (Å²) < 4.78 is 26.2. The molecule has 1 atom stereocenters. The van der Waals surface area contributed by atoms with Crippen LogP contribution in [-0.2, 0) is 16.0 Å². The lowest BCUT2D eigenvalue weighted by molar-refractivity contribution is -0.125. The summed E-state index contributed by atoms with van der Waals surface area (Å²) in [6.07, 6.45) is -0.222. The van der Waals surface area contributed by atoms with Crippen LogP contribution in [-0.4, -0.2) is 17.9 Å². The highest BCUT2D eigenvalue weighted by molar-refractivity contribution is 5.97. The standard InChI is InChI=1S/C18H17F2N2O2/c1-11-4-3-5-16(6-11)22-18(24)12(2)21-17(23)9-13-7-14(19)10-15(20)8-13/h3-8,10,12H,1,9H2,2H3,(H,21,23)(H,22,24)/t12-/m0/s1. The minimum Gasteiger partial charge on any atom is -0.344 e. The number of benzene rings is 2. The molecule has 24 heavy (non-hydrogen) atoms. The third-order valence-corrected chi connectivity index (χ3v) is 3.25. The van der Waals surface area contributed by atoms with E-state index < -0.39 is 29.5 Å². The third-order valence-electron chi connectivity index (χ3n) is 3.25. The predicted molar refractivity (Wildman–Crippen MR) is 87.2 cm³/mol. The lowest BCUT2D eigenvalue weighted by Crippen LogP contribution is -2.42. The summed E-state index contributed by atoms with van der Waals surface area (Å²) in [6, 6.07) is 9.02. The van der Waals surface area contributed by atoms with E-state index in [1.807, 2.05) is 0 Å². The van der Waals surface area contributed by atoms with E-state index in [9.17, 15) is 18.4 Å². The molecule has 2 aromatic rings. The molecule has 4 nitrogen and oxygen atoms in total. The van der Waals surface area contributed by atoms with Gasteiger partial charge in [-0.3, -0.25) is 9.59 Å². The topological polar surface area (TPSA) is 58.2 Å². The molecule has 0 fully saturated rings. The molecule has 2 rings (SSSR count). The Balaban J connectivity index is 1.91. The van der Waals surface area contributed by atoms with Gasteiger partial charge in [-0.25, -0.2) is 8.78 Å². The van der Waals surface area contributed by atoms with Gasteiger partial charge in [0, 0.05) is 11.8 Å². The van der Waals surface area contributed by atoms with Crippen LogP contribution in [0.2, 0.25) is 0 Å². The lowest BCUT2D eigenvalue weighted by atomic mass is 10.1. The Morgan fingerprint density at radius 1 is 1.12 bits per heavy atom. The summed E-state index contributed by atoms with van der Waals surface area (Å²) in [4.78, 5) is 24.0. The van der Waals surface area contributed by atoms with Crippen LogP contribution in [0.1, 0.15) is 18.1 Å². The molecule has 0 bridgehead atoms. The fraction of sp³-hybridized carbons (Fsp3) is 0.167. The fourth-order valence-corrected chi connectivity index (χ4v) is 2.16. The van der Waals surface area contributed by atoms with Crippen molar-refractivity contribution in [3.63, 3.8) is 0 Å². The van der Waals surface area contributed by atoms with E-state index in [-0.39, 0.29) is 12.0 Å². The van der Waals surface area contributed by atoms with Crippen LogP contribution in [0.25, 0.3) is 0 Å². The first kappa shape index (κ1) is 17.6. The highest BCUT2D eigenvalue weighted by atomic mass is 19.1. The van der Waals surface area contributed by atoms with Gasteiger partial charge < -0.3 is 10.6 Å². The number of carbonyl (C=O) groups excluding carboxylic acids is 2. The number of amides is 2. The summed E-state index contributed by atoms with van der Waals surface area (Å²) >= 11 is 0. The molecule has 2 N–H and O–H groups in total. The zero-order valence-corrected chi connectivity index (χ0v) is 13.1. The number of rotatable bonds is 5. The Labute approximate surface area is 138 Å². The van der Waals surface area contributed by atoms with Crippen molar-refractivity contribution < 1.29 is 18.4 Å². The second-order valence-electron chi connectivity index (χ2n) is 5.43. The molecule has 0 spiro atoms. The van der Waals surface area contributed by atoms with Crippen molar-refractivity contribution in [3.8, 4) is 0 Å². The number of anilines is 1. The Bertz CT molecular complexity index is 742. The van der Waals surface area contributed by atoms with E-state index in [1.165, 1.54) is 6.92 Å². The van der Waals surface area contributed by atoms with Gasteiger partial charge in [0.1, 0.15) is 17.7 Å². The van der Waals surface area contributed by atoms with Crippen LogP contribution in [0, 0.1) is 18.6 Å². The van der Waals surface area contributed by atoms with Gasteiger partial charge in [0.15, 0.2) is 0 Å². The first-order valence-corrected chi connectivity index (χ1v) is 7.30. The molecule has 6 heteroatoms. The summed E-state index contributed by atoms with van der Waals surface area (Å²) in [6.45, 7) is 5.28. The van der Waals surface area contributed by atoms with Crippen LogP contribution in [0.4, 0.5) is 14.5 Å². The van der Waals surface area contributed by atoms with Crippen molar-refractivity contribution >= 4 is 17.5 Å². The van der Waals surface area contributed by atoms with Crippen LogP contribution in [0.3, 0.4) is 0 Å². The molecule has 125 valence electrons. The van der Waals surface area contributed by atoms with Crippen LogP contribution in [0.5, 0.6) is 0 Å². The van der Waals surface area contributed by atoms with Gasteiger partial charge in [-0.05, 0) is 49.2 Å². The van der Waals surface area contributed by atoms with Crippen LogP contribution >= 0.6 is 0 Å². The number of carbonyl (C=O) groups is 2. The van der Waals surface area contributed by atoms with Crippen molar-refractivity contribution in [2.75, 3.05) is 5.32 Å². The largest absolute Gasteiger partial charge is 0.344 e. The smallest absolute Gasteiger partial charge is 0.246 e. The molecule has 0 aromatic heterocycles. The normalized spacial score (nSPS) is 11.7. The Morgan fingerprint density at radius 3 is 2.42 bits per heavy atom. The molecule has 0 saturated heterocycles. The second kappa shape index (κ2) is 7.68. The van der Waals surface area contributed by atoms with Gasteiger partial charge in [0.2, 0.25) is 11.8 Å². The molecule has 0 saturated carbocycles. The lowest BCUT2D eigenvalue weighted by Gasteiger charge is -2.14. The molecule has 0 heterocycles. The molecule has 0 unspecified atom stereocenters. The molecule has 1 radical (unpaired) electrons. The summed E-state index contributed by atoms with van der Waals surface area (Å²) in [5.41, 5.74) is 1.51. The van der Waals surface area contributed by atoms with Crippen molar-refractivity contribution in [1.29, 1.82) is 0 Å². The maximum Gasteiger partial charge on any atom is 0.246 e. The number of hydrogen-bond acceptors (Lipinski definition) is 2. The highest BCUT2D eigenvalue weighted by Crippen LogP contribution is 2.10. The van der Waals surface area contributed by atoms with Gasteiger partial charge in [0.25, 0.3) is 0 Å². The zero-order chi connectivity index (χ0) is 17.7. The quantitative estimate of drug-likeness (QED) is 0.885. The van der Waals surface area contributed by atoms with E-state index in [2.05, 4.69) is 17.6 Å². The minimum absolute atomic E-state index is 0.197. The number of hydrogen-bond donors (Lipinski definition) is 2. The van der Waals surface area contributed by atoms with Crippen LogP contribution in [0.15, 0.2) is 42.5 Å². The zero-order valence-electron chi connectivity index (χ0n) is 13.1. The number of nitrogens with one attached hydrogen (secondary N) is 2. The maximum atomic E-state index is 13.1. The first-order valence-electron chi connectivity index (χ1n) is 7.30. The molecule has 0 aliphatic heterocycles. The van der Waals surface area contributed by atoms with Crippen molar-refractivity contribution in [2.24, 2.45) is 0 Å².